The summed E-state index contributed by atoms with van der Waals surface area (Å²) in [5, 5.41) is 10.8. The molecular weight excluding hydrogens is 382 g/mol. The van der Waals surface area contributed by atoms with Crippen LogP contribution in [0.1, 0.15) is 11.1 Å². The SMILES string of the molecule is Cc1ccc(S(=O)(=O)n2cc(C=C3SC(=N)NC3=O)c3ccccc32)cc1. The summed E-state index contributed by atoms with van der Waals surface area (Å²) in [5.41, 5.74) is 2.11. The maximum absolute atomic E-state index is 13.1. The molecule has 0 atom stereocenters. The molecule has 136 valence electrons. The molecule has 1 fully saturated rings. The molecule has 4 rings (SSSR count). The van der Waals surface area contributed by atoms with Gasteiger partial charge in [0.15, 0.2) is 5.17 Å². The van der Waals surface area contributed by atoms with Crippen LogP contribution in [0.5, 0.6) is 0 Å². The Labute approximate surface area is 160 Å². The van der Waals surface area contributed by atoms with Crippen molar-refractivity contribution in [1.82, 2.24) is 9.29 Å². The zero-order valence-electron chi connectivity index (χ0n) is 14.3. The highest BCUT2D eigenvalue weighted by Gasteiger charge is 2.24. The van der Waals surface area contributed by atoms with E-state index in [0.29, 0.717) is 21.4 Å². The Balaban J connectivity index is 1.90. The van der Waals surface area contributed by atoms with Gasteiger partial charge in [0, 0.05) is 17.1 Å². The summed E-state index contributed by atoms with van der Waals surface area (Å²) >= 11 is 1.02. The molecular formula is C19H15N3O3S2. The molecule has 0 bridgehead atoms. The zero-order valence-corrected chi connectivity index (χ0v) is 15.9. The predicted molar refractivity (Wildman–Crippen MR) is 107 cm³/mol. The second-order valence-electron chi connectivity index (χ2n) is 6.11. The minimum atomic E-state index is -3.78. The van der Waals surface area contributed by atoms with Gasteiger partial charge in [0.2, 0.25) is 0 Å². The summed E-state index contributed by atoms with van der Waals surface area (Å²) in [5.74, 6) is -0.358. The number of aryl methyl sites for hydroxylation is 1. The van der Waals surface area contributed by atoms with Crippen molar-refractivity contribution >= 4 is 49.8 Å². The Kier molecular flexibility index (Phi) is 4.16. The van der Waals surface area contributed by atoms with E-state index in [2.05, 4.69) is 5.32 Å². The lowest BCUT2D eigenvalue weighted by Gasteiger charge is -2.07. The number of fused-ring (bicyclic) bond motifs is 1. The zero-order chi connectivity index (χ0) is 19.2. The van der Waals surface area contributed by atoms with Crippen LogP contribution in [0.3, 0.4) is 0 Å². The van der Waals surface area contributed by atoms with Crippen molar-refractivity contribution in [2.45, 2.75) is 11.8 Å². The van der Waals surface area contributed by atoms with Gasteiger partial charge in [-0.3, -0.25) is 10.2 Å². The number of benzene rings is 2. The van der Waals surface area contributed by atoms with Gasteiger partial charge in [-0.25, -0.2) is 12.4 Å². The lowest BCUT2D eigenvalue weighted by atomic mass is 10.1. The molecule has 0 aliphatic carbocycles. The van der Waals surface area contributed by atoms with Gasteiger partial charge >= 0.3 is 0 Å². The molecule has 1 aromatic heterocycles. The number of hydrogen-bond donors (Lipinski definition) is 2. The molecule has 2 aromatic carbocycles. The van der Waals surface area contributed by atoms with Gasteiger partial charge in [0.05, 0.1) is 15.3 Å². The average molecular weight is 397 g/mol. The standard InChI is InChI=1S/C19H15N3O3S2/c1-12-6-8-14(9-7-12)27(24,25)22-11-13(15-4-2-3-5-16(15)22)10-17-18(23)21-19(20)26-17/h2-11H,1H3,(H2,20,21,23). The number of amides is 1. The molecule has 0 spiro atoms. The van der Waals surface area contributed by atoms with E-state index in [0.717, 1.165) is 17.3 Å². The maximum Gasteiger partial charge on any atom is 0.268 e. The third-order valence-electron chi connectivity index (χ3n) is 4.24. The number of nitrogens with one attached hydrogen (secondary N) is 2. The monoisotopic (exact) mass is 397 g/mol. The van der Waals surface area contributed by atoms with E-state index in [1.165, 1.54) is 10.2 Å². The quantitative estimate of drug-likeness (QED) is 0.663. The van der Waals surface area contributed by atoms with Crippen LogP contribution < -0.4 is 5.32 Å². The Morgan fingerprint density at radius 3 is 2.48 bits per heavy atom. The molecule has 3 aromatic rings. The highest BCUT2D eigenvalue weighted by atomic mass is 32.2. The van der Waals surface area contributed by atoms with E-state index >= 15 is 0 Å². The van der Waals surface area contributed by atoms with Crippen LogP contribution in [0.15, 0.2) is 64.5 Å². The minimum Gasteiger partial charge on any atom is -0.301 e. The number of nitrogens with zero attached hydrogens (tertiary/aromatic N) is 1. The third kappa shape index (κ3) is 3.07. The number of carbonyl (C=O) groups is 1. The van der Waals surface area contributed by atoms with Crippen LogP contribution in [-0.2, 0) is 14.8 Å². The normalized spacial score (nSPS) is 16.3. The number of rotatable bonds is 3. The molecule has 1 amide bonds. The number of hydrogen-bond acceptors (Lipinski definition) is 5. The largest absolute Gasteiger partial charge is 0.301 e. The van der Waals surface area contributed by atoms with Crippen LogP contribution in [0.25, 0.3) is 17.0 Å². The van der Waals surface area contributed by atoms with Crippen molar-refractivity contribution in [3.8, 4) is 0 Å². The second kappa shape index (κ2) is 6.40. The van der Waals surface area contributed by atoms with Gasteiger partial charge in [-0.1, -0.05) is 35.9 Å². The van der Waals surface area contributed by atoms with E-state index in [1.54, 1.807) is 42.5 Å². The fourth-order valence-corrected chi connectivity index (χ4v) is 4.97. The van der Waals surface area contributed by atoms with Gasteiger partial charge < -0.3 is 5.32 Å². The highest BCUT2D eigenvalue weighted by molar-refractivity contribution is 8.18. The molecule has 1 saturated heterocycles. The van der Waals surface area contributed by atoms with Crippen molar-refractivity contribution in [2.75, 3.05) is 0 Å². The van der Waals surface area contributed by atoms with Crippen LogP contribution in [0, 0.1) is 12.3 Å². The lowest BCUT2D eigenvalue weighted by molar-refractivity contribution is -0.115. The molecule has 1 aliphatic heterocycles. The van der Waals surface area contributed by atoms with Gasteiger partial charge in [-0.2, -0.15) is 0 Å². The smallest absolute Gasteiger partial charge is 0.268 e. The highest BCUT2D eigenvalue weighted by Crippen LogP contribution is 2.31. The number of aromatic nitrogens is 1. The molecule has 0 unspecified atom stereocenters. The van der Waals surface area contributed by atoms with Crippen molar-refractivity contribution in [3.63, 3.8) is 0 Å². The lowest BCUT2D eigenvalue weighted by Crippen LogP contribution is -2.18. The number of amidine groups is 1. The van der Waals surface area contributed by atoms with Gasteiger partial charge in [0.1, 0.15) is 0 Å². The molecule has 0 saturated carbocycles. The summed E-state index contributed by atoms with van der Waals surface area (Å²) in [6.45, 7) is 1.90. The molecule has 6 nitrogen and oxygen atoms in total. The summed E-state index contributed by atoms with van der Waals surface area (Å²) in [4.78, 5) is 12.5. The van der Waals surface area contributed by atoms with Crippen molar-refractivity contribution in [1.29, 1.82) is 5.41 Å². The Hall–Kier alpha value is -2.84. The van der Waals surface area contributed by atoms with E-state index in [1.807, 2.05) is 19.1 Å². The summed E-state index contributed by atoms with van der Waals surface area (Å²) < 4.78 is 27.5. The van der Waals surface area contributed by atoms with Crippen molar-refractivity contribution in [3.05, 3.63) is 70.8 Å². The Morgan fingerprint density at radius 1 is 1.11 bits per heavy atom. The molecule has 0 radical (unpaired) electrons. The molecule has 1 aliphatic rings. The first-order valence-electron chi connectivity index (χ1n) is 8.08. The third-order valence-corrected chi connectivity index (χ3v) is 6.75. The number of thioether (sulfide) groups is 1. The fourth-order valence-electron chi connectivity index (χ4n) is 2.90. The van der Waals surface area contributed by atoms with Crippen molar-refractivity contribution in [2.24, 2.45) is 0 Å². The first kappa shape index (κ1) is 17.6. The first-order chi connectivity index (χ1) is 12.9. The first-order valence-corrected chi connectivity index (χ1v) is 10.3. The Bertz CT molecular complexity index is 1220. The number of carbonyl (C=O) groups excluding carboxylic acids is 1. The van der Waals surface area contributed by atoms with E-state index in [4.69, 9.17) is 5.41 Å². The predicted octanol–water partition coefficient (Wildman–Crippen LogP) is 3.33. The summed E-state index contributed by atoms with van der Waals surface area (Å²) in [7, 11) is -3.78. The molecule has 2 heterocycles. The maximum atomic E-state index is 13.1. The topological polar surface area (TPSA) is 92.0 Å². The molecule has 8 heteroatoms. The number of para-hydroxylation sites is 1. The van der Waals surface area contributed by atoms with Crippen LogP contribution in [0.2, 0.25) is 0 Å². The van der Waals surface area contributed by atoms with E-state index in [9.17, 15) is 13.2 Å². The van der Waals surface area contributed by atoms with Gasteiger partial charge in [-0.05, 0) is 43.0 Å². The average Bonchev–Trinajstić information content (AvgIpc) is 3.16. The van der Waals surface area contributed by atoms with E-state index in [-0.39, 0.29) is 16.0 Å². The van der Waals surface area contributed by atoms with Crippen molar-refractivity contribution < 1.29 is 13.2 Å². The fraction of sp³-hybridized carbons (Fsp3) is 0.0526. The minimum absolute atomic E-state index is 0.0577. The van der Waals surface area contributed by atoms with Crippen LogP contribution in [0.4, 0.5) is 0 Å². The second-order valence-corrected chi connectivity index (χ2v) is 8.98. The molecule has 27 heavy (non-hydrogen) atoms. The Morgan fingerprint density at radius 2 is 1.81 bits per heavy atom. The molecule has 2 N–H and O–H groups in total. The van der Waals surface area contributed by atoms with E-state index < -0.39 is 10.0 Å². The van der Waals surface area contributed by atoms with Gasteiger partial charge in [-0.15, -0.1) is 0 Å². The van der Waals surface area contributed by atoms with Gasteiger partial charge in [0.25, 0.3) is 15.9 Å². The van der Waals surface area contributed by atoms with Crippen LogP contribution in [-0.4, -0.2) is 23.5 Å². The van der Waals surface area contributed by atoms with Crippen LogP contribution >= 0.6 is 11.8 Å². The summed E-state index contributed by atoms with van der Waals surface area (Å²) in [6, 6.07) is 13.8. The summed E-state index contributed by atoms with van der Waals surface area (Å²) in [6.07, 6.45) is 3.13.